The molecule has 0 rings (SSSR count). The van der Waals surface area contributed by atoms with E-state index < -0.39 is 0 Å². The molecule has 0 aromatic heterocycles. The molecule has 0 heterocycles. The average molecular weight is 351 g/mol. The van der Waals surface area contributed by atoms with Gasteiger partial charge in [-0.05, 0) is 45.4 Å². The van der Waals surface area contributed by atoms with Crippen molar-refractivity contribution >= 4 is 6.29 Å². The summed E-state index contributed by atoms with van der Waals surface area (Å²) >= 11 is 0. The molecule has 0 saturated carbocycles. The first-order valence-corrected chi connectivity index (χ1v) is 11.0. The second-order valence-electron chi connectivity index (χ2n) is 6.90. The summed E-state index contributed by atoms with van der Waals surface area (Å²) < 4.78 is 0. The number of hydrogen-bond donors (Lipinski definition) is 0. The molecule has 0 amide bonds. The van der Waals surface area contributed by atoms with Crippen LogP contribution < -0.4 is 0 Å². The van der Waals surface area contributed by atoms with Gasteiger partial charge in [0.1, 0.15) is 6.29 Å². The predicted octanol–water partition coefficient (Wildman–Crippen LogP) is 8.59. The van der Waals surface area contributed by atoms with E-state index in [1.807, 2.05) is 0 Å². The first-order chi connectivity index (χ1) is 12.3. The van der Waals surface area contributed by atoms with E-state index in [1.54, 1.807) is 0 Å². The molecule has 0 aromatic rings. The van der Waals surface area contributed by atoms with Crippen molar-refractivity contribution < 1.29 is 4.79 Å². The van der Waals surface area contributed by atoms with Crippen LogP contribution in [0.4, 0.5) is 0 Å². The highest BCUT2D eigenvalue weighted by Crippen LogP contribution is 2.08. The van der Waals surface area contributed by atoms with E-state index in [4.69, 9.17) is 0 Å². The standard InChI is InChI=1S/C12H22O.C12H24/c1-2-3-4-5-6-7-8-9-10-11-12-13;1-3-5-7-9-11-12-10-8-6-4-2/h5-6,12H,2-4,7-11H2,1H3;3,5H,4,6-12H2,1-2H3/b6-5+;5-3-. The van der Waals surface area contributed by atoms with Gasteiger partial charge >= 0.3 is 0 Å². The molecule has 0 aliphatic heterocycles. The van der Waals surface area contributed by atoms with Crippen molar-refractivity contribution in [3.63, 3.8) is 0 Å². The molecule has 1 nitrogen and oxygen atoms in total. The summed E-state index contributed by atoms with van der Waals surface area (Å²) in [7, 11) is 0. The number of allylic oxidation sites excluding steroid dienone is 4. The summed E-state index contributed by atoms with van der Waals surface area (Å²) in [5.41, 5.74) is 0. The lowest BCUT2D eigenvalue weighted by molar-refractivity contribution is -0.107. The van der Waals surface area contributed by atoms with Crippen LogP contribution >= 0.6 is 0 Å². The summed E-state index contributed by atoms with van der Waals surface area (Å²) in [5, 5.41) is 0. The predicted molar refractivity (Wildman–Crippen MR) is 115 cm³/mol. The van der Waals surface area contributed by atoms with Crippen LogP contribution in [-0.4, -0.2) is 6.29 Å². The monoisotopic (exact) mass is 350 g/mol. The number of carbonyl (C=O) groups excluding carboxylic acids is 1. The van der Waals surface area contributed by atoms with Gasteiger partial charge in [-0.2, -0.15) is 0 Å². The highest BCUT2D eigenvalue weighted by Gasteiger charge is 1.88. The molecule has 25 heavy (non-hydrogen) atoms. The molecular formula is C24H46O. The molecule has 148 valence electrons. The Bertz CT molecular complexity index is 278. The maximum Gasteiger partial charge on any atom is 0.119 e. The lowest BCUT2D eigenvalue weighted by atomic mass is 10.1. The summed E-state index contributed by atoms with van der Waals surface area (Å²) in [6, 6.07) is 0. The number of aldehydes is 1. The Balaban J connectivity index is 0. The number of hydrogen-bond acceptors (Lipinski definition) is 1. The molecule has 0 N–H and O–H groups in total. The minimum absolute atomic E-state index is 0.736. The molecule has 0 bridgehead atoms. The third-order valence-corrected chi connectivity index (χ3v) is 4.29. The van der Waals surface area contributed by atoms with Gasteiger partial charge in [0.15, 0.2) is 0 Å². The van der Waals surface area contributed by atoms with Crippen molar-refractivity contribution in [2.24, 2.45) is 0 Å². The molecule has 0 saturated heterocycles. The Morgan fingerprint density at radius 3 is 1.52 bits per heavy atom. The lowest BCUT2D eigenvalue weighted by Gasteiger charge is -1.98. The zero-order valence-electron chi connectivity index (χ0n) is 17.6. The Morgan fingerprint density at radius 1 is 0.520 bits per heavy atom. The van der Waals surface area contributed by atoms with Crippen molar-refractivity contribution in [3.8, 4) is 0 Å². The molecule has 0 fully saturated rings. The van der Waals surface area contributed by atoms with Crippen LogP contribution in [0.15, 0.2) is 24.3 Å². The number of rotatable bonds is 17. The van der Waals surface area contributed by atoms with Gasteiger partial charge in [-0.15, -0.1) is 0 Å². The molecule has 1 heteroatoms. The lowest BCUT2D eigenvalue weighted by Crippen LogP contribution is -1.78. The van der Waals surface area contributed by atoms with Crippen LogP contribution in [-0.2, 0) is 4.79 Å². The van der Waals surface area contributed by atoms with Crippen molar-refractivity contribution in [2.45, 2.75) is 124 Å². The Kier molecular flexibility index (Phi) is 29.5. The maximum absolute atomic E-state index is 10.00. The van der Waals surface area contributed by atoms with E-state index in [0.29, 0.717) is 0 Å². The first kappa shape index (κ1) is 26.4. The van der Waals surface area contributed by atoms with Gasteiger partial charge in [0.25, 0.3) is 0 Å². The van der Waals surface area contributed by atoms with Crippen LogP contribution in [0.5, 0.6) is 0 Å². The molecule has 0 aromatic carbocycles. The van der Waals surface area contributed by atoms with Crippen molar-refractivity contribution in [1.29, 1.82) is 0 Å². The van der Waals surface area contributed by atoms with Crippen molar-refractivity contribution in [3.05, 3.63) is 24.3 Å². The van der Waals surface area contributed by atoms with Gasteiger partial charge < -0.3 is 4.79 Å². The fraction of sp³-hybridized carbons (Fsp3) is 0.792. The van der Waals surface area contributed by atoms with Gasteiger partial charge in [0.2, 0.25) is 0 Å². The van der Waals surface area contributed by atoms with Gasteiger partial charge in [-0.1, -0.05) is 95.9 Å². The highest BCUT2D eigenvalue weighted by molar-refractivity contribution is 5.48. The van der Waals surface area contributed by atoms with E-state index in [1.165, 1.54) is 89.9 Å². The van der Waals surface area contributed by atoms with Crippen molar-refractivity contribution in [2.75, 3.05) is 0 Å². The summed E-state index contributed by atoms with van der Waals surface area (Å²) in [6.45, 7) is 6.58. The van der Waals surface area contributed by atoms with Crippen LogP contribution in [0.25, 0.3) is 0 Å². The molecule has 0 spiro atoms. The second kappa shape index (κ2) is 28.0. The van der Waals surface area contributed by atoms with E-state index in [-0.39, 0.29) is 0 Å². The molecule has 0 aliphatic rings. The smallest absolute Gasteiger partial charge is 0.119 e. The maximum atomic E-state index is 10.00. The van der Waals surface area contributed by atoms with Crippen LogP contribution in [0.3, 0.4) is 0 Å². The largest absolute Gasteiger partial charge is 0.303 e. The Morgan fingerprint density at radius 2 is 0.960 bits per heavy atom. The molecular weight excluding hydrogens is 304 g/mol. The van der Waals surface area contributed by atoms with Crippen LogP contribution in [0.1, 0.15) is 124 Å². The molecule has 0 atom stereocenters. The summed E-state index contributed by atoms with van der Waals surface area (Å²) in [5.74, 6) is 0. The topological polar surface area (TPSA) is 17.1 Å². The Labute approximate surface area is 159 Å². The van der Waals surface area contributed by atoms with Crippen molar-refractivity contribution in [1.82, 2.24) is 0 Å². The average Bonchev–Trinajstić information content (AvgIpc) is 2.63. The second-order valence-corrected chi connectivity index (χ2v) is 6.90. The van der Waals surface area contributed by atoms with Gasteiger partial charge in [-0.25, -0.2) is 0 Å². The van der Waals surface area contributed by atoms with E-state index in [2.05, 4.69) is 45.1 Å². The Hall–Kier alpha value is -0.850. The fourth-order valence-corrected chi connectivity index (χ4v) is 2.61. The van der Waals surface area contributed by atoms with Crippen LogP contribution in [0, 0.1) is 0 Å². The molecule has 0 unspecified atom stereocenters. The van der Waals surface area contributed by atoms with Gasteiger partial charge in [0.05, 0.1) is 0 Å². The quantitative estimate of drug-likeness (QED) is 0.146. The number of unbranched alkanes of at least 4 members (excludes halogenated alkanes) is 13. The number of carbonyl (C=O) groups is 1. The van der Waals surface area contributed by atoms with Crippen LogP contribution in [0.2, 0.25) is 0 Å². The minimum atomic E-state index is 0.736. The summed E-state index contributed by atoms with van der Waals surface area (Å²) in [4.78, 5) is 10.00. The first-order valence-electron chi connectivity index (χ1n) is 11.0. The zero-order chi connectivity index (χ0) is 18.8. The van der Waals surface area contributed by atoms with E-state index in [0.717, 1.165) is 19.1 Å². The third-order valence-electron chi connectivity index (χ3n) is 4.29. The molecule has 0 radical (unpaired) electrons. The minimum Gasteiger partial charge on any atom is -0.303 e. The SMILES string of the molecule is C/C=C\CCCCCCCCC.CCCC/C=C/CCCCCC=O. The van der Waals surface area contributed by atoms with Gasteiger partial charge in [-0.3, -0.25) is 0 Å². The third kappa shape index (κ3) is 31.4. The molecule has 0 aliphatic carbocycles. The highest BCUT2D eigenvalue weighted by atomic mass is 16.1. The fourth-order valence-electron chi connectivity index (χ4n) is 2.61. The van der Waals surface area contributed by atoms with Gasteiger partial charge in [0, 0.05) is 6.42 Å². The van der Waals surface area contributed by atoms with E-state index in [9.17, 15) is 4.79 Å². The summed E-state index contributed by atoms with van der Waals surface area (Å²) in [6.07, 6.45) is 30.4. The van der Waals surface area contributed by atoms with E-state index >= 15 is 0 Å². The normalized spacial score (nSPS) is 11.0. The zero-order valence-corrected chi connectivity index (χ0v) is 17.6.